The zero-order valence-electron chi connectivity index (χ0n) is 14.1. The first-order valence-electron chi connectivity index (χ1n) is 7.88. The van der Waals surface area contributed by atoms with Gasteiger partial charge in [0.15, 0.2) is 0 Å². The van der Waals surface area contributed by atoms with Crippen LogP contribution in [0.5, 0.6) is 5.75 Å². The molecule has 0 aliphatic heterocycles. The maximum Gasteiger partial charge on any atom is 0.414 e. The molecule has 1 aromatic carbocycles. The Labute approximate surface area is 146 Å². The number of furan rings is 1. The zero-order chi connectivity index (χ0) is 18.5. The molecule has 0 saturated carbocycles. The van der Waals surface area contributed by atoms with E-state index in [9.17, 15) is 0 Å². The molecule has 136 valence electrons. The second-order valence-corrected chi connectivity index (χ2v) is 5.24. The summed E-state index contributed by atoms with van der Waals surface area (Å²) in [5, 5.41) is 18.1. The first kappa shape index (κ1) is 20.2. The summed E-state index contributed by atoms with van der Waals surface area (Å²) >= 11 is 0. The van der Waals surface area contributed by atoms with E-state index in [0.29, 0.717) is 0 Å². The number of carboxylic acid groups (broad SMARTS) is 2. The molecule has 0 aliphatic carbocycles. The quantitative estimate of drug-likeness (QED) is 0.496. The molecule has 0 spiro atoms. The maximum atomic E-state index is 9.10. The second-order valence-electron chi connectivity index (χ2n) is 5.24. The SMILES string of the molecule is Cc1cccc(OCCCCNCc2ccco2)c1.O=C(O)C(=O)O. The molecule has 2 aromatic rings. The fourth-order valence-corrected chi connectivity index (χ4v) is 1.87. The van der Waals surface area contributed by atoms with Crippen molar-refractivity contribution in [1.29, 1.82) is 0 Å². The molecule has 25 heavy (non-hydrogen) atoms. The van der Waals surface area contributed by atoms with E-state index in [1.165, 1.54) is 5.56 Å². The van der Waals surface area contributed by atoms with Gasteiger partial charge in [0.25, 0.3) is 0 Å². The van der Waals surface area contributed by atoms with Gasteiger partial charge in [-0.15, -0.1) is 0 Å². The number of aryl methyl sites for hydroxylation is 1. The number of carbonyl (C=O) groups is 2. The molecule has 0 atom stereocenters. The first-order chi connectivity index (χ1) is 12.0. The molecule has 0 unspecified atom stereocenters. The van der Waals surface area contributed by atoms with Gasteiger partial charge in [0.05, 0.1) is 19.4 Å². The average molecular weight is 349 g/mol. The van der Waals surface area contributed by atoms with E-state index in [2.05, 4.69) is 24.4 Å². The van der Waals surface area contributed by atoms with Crippen molar-refractivity contribution in [2.24, 2.45) is 0 Å². The Kier molecular flexibility index (Phi) is 9.47. The molecule has 0 amide bonds. The molecular formula is C18H23NO6. The van der Waals surface area contributed by atoms with Crippen LogP contribution in [0.25, 0.3) is 0 Å². The van der Waals surface area contributed by atoms with Crippen LogP contribution in [0, 0.1) is 6.92 Å². The van der Waals surface area contributed by atoms with Gasteiger partial charge in [0, 0.05) is 0 Å². The van der Waals surface area contributed by atoms with Crippen LogP contribution in [-0.2, 0) is 16.1 Å². The number of nitrogens with one attached hydrogen (secondary N) is 1. The van der Waals surface area contributed by atoms with Gasteiger partial charge in [-0.3, -0.25) is 0 Å². The molecule has 1 heterocycles. The number of unbranched alkanes of at least 4 members (excludes halogenated alkanes) is 1. The minimum atomic E-state index is -1.82. The normalized spacial score (nSPS) is 9.80. The van der Waals surface area contributed by atoms with Gasteiger partial charge in [-0.25, -0.2) is 9.59 Å². The Morgan fingerprint density at radius 2 is 1.88 bits per heavy atom. The largest absolute Gasteiger partial charge is 0.494 e. The highest BCUT2D eigenvalue weighted by molar-refractivity contribution is 6.27. The third-order valence-electron chi connectivity index (χ3n) is 3.07. The van der Waals surface area contributed by atoms with Gasteiger partial charge in [0.1, 0.15) is 11.5 Å². The van der Waals surface area contributed by atoms with Crippen LogP contribution >= 0.6 is 0 Å². The lowest BCUT2D eigenvalue weighted by Crippen LogP contribution is -2.15. The van der Waals surface area contributed by atoms with Crippen molar-refractivity contribution in [2.75, 3.05) is 13.2 Å². The van der Waals surface area contributed by atoms with Crippen molar-refractivity contribution in [2.45, 2.75) is 26.3 Å². The Morgan fingerprint density at radius 3 is 2.48 bits per heavy atom. The number of benzene rings is 1. The third-order valence-corrected chi connectivity index (χ3v) is 3.07. The van der Waals surface area contributed by atoms with Crippen molar-refractivity contribution in [1.82, 2.24) is 5.32 Å². The number of ether oxygens (including phenoxy) is 1. The van der Waals surface area contributed by atoms with Crippen LogP contribution in [0.15, 0.2) is 47.1 Å². The summed E-state index contributed by atoms with van der Waals surface area (Å²) in [6.07, 6.45) is 3.86. The van der Waals surface area contributed by atoms with Gasteiger partial charge in [-0.05, 0) is 56.1 Å². The molecule has 1 aromatic heterocycles. The van der Waals surface area contributed by atoms with Crippen molar-refractivity contribution < 1.29 is 29.0 Å². The summed E-state index contributed by atoms with van der Waals surface area (Å²) in [6, 6.07) is 12.1. The fraction of sp³-hybridized carbons (Fsp3) is 0.333. The van der Waals surface area contributed by atoms with Crippen molar-refractivity contribution in [3.8, 4) is 5.75 Å². The molecule has 7 heteroatoms. The molecule has 7 nitrogen and oxygen atoms in total. The van der Waals surface area contributed by atoms with Crippen LogP contribution in [0.1, 0.15) is 24.2 Å². The van der Waals surface area contributed by atoms with Gasteiger partial charge in [-0.2, -0.15) is 0 Å². The summed E-state index contributed by atoms with van der Waals surface area (Å²) < 4.78 is 10.9. The van der Waals surface area contributed by atoms with E-state index < -0.39 is 11.9 Å². The molecule has 0 aliphatic rings. The first-order valence-corrected chi connectivity index (χ1v) is 7.88. The van der Waals surface area contributed by atoms with Crippen LogP contribution in [0.3, 0.4) is 0 Å². The van der Waals surface area contributed by atoms with Crippen LogP contribution in [0.4, 0.5) is 0 Å². The fourth-order valence-electron chi connectivity index (χ4n) is 1.87. The molecule has 3 N–H and O–H groups in total. The second kappa shape index (κ2) is 11.7. The number of aliphatic carboxylic acids is 2. The predicted molar refractivity (Wildman–Crippen MR) is 91.6 cm³/mol. The van der Waals surface area contributed by atoms with E-state index in [1.54, 1.807) is 6.26 Å². The maximum absolute atomic E-state index is 9.10. The monoisotopic (exact) mass is 349 g/mol. The van der Waals surface area contributed by atoms with Crippen LogP contribution in [0.2, 0.25) is 0 Å². The molecule has 0 bridgehead atoms. The van der Waals surface area contributed by atoms with Gasteiger partial charge in [0.2, 0.25) is 0 Å². The number of carboxylic acids is 2. The van der Waals surface area contributed by atoms with E-state index in [-0.39, 0.29) is 0 Å². The molecular weight excluding hydrogens is 326 g/mol. The minimum absolute atomic E-state index is 0.770. The van der Waals surface area contributed by atoms with E-state index in [4.69, 9.17) is 29.0 Å². The van der Waals surface area contributed by atoms with Gasteiger partial charge in [-0.1, -0.05) is 12.1 Å². The molecule has 0 radical (unpaired) electrons. The van der Waals surface area contributed by atoms with Gasteiger partial charge >= 0.3 is 11.9 Å². The number of hydrogen-bond acceptors (Lipinski definition) is 5. The third kappa shape index (κ3) is 9.83. The highest BCUT2D eigenvalue weighted by Crippen LogP contribution is 2.12. The number of rotatable bonds is 8. The zero-order valence-corrected chi connectivity index (χ0v) is 14.1. The molecule has 0 saturated heterocycles. The molecule has 0 fully saturated rings. The van der Waals surface area contributed by atoms with Crippen LogP contribution in [-0.4, -0.2) is 35.3 Å². The smallest absolute Gasteiger partial charge is 0.414 e. The lowest BCUT2D eigenvalue weighted by molar-refractivity contribution is -0.159. The predicted octanol–water partition coefficient (Wildman–Crippen LogP) is 2.69. The Balaban J connectivity index is 0.000000450. The Bertz CT molecular complexity index is 627. The van der Waals surface area contributed by atoms with Gasteiger partial charge < -0.3 is 24.7 Å². The summed E-state index contributed by atoms with van der Waals surface area (Å²) in [5.74, 6) is -1.70. The Morgan fingerprint density at radius 1 is 1.12 bits per heavy atom. The van der Waals surface area contributed by atoms with Crippen LogP contribution < -0.4 is 10.1 Å². The summed E-state index contributed by atoms with van der Waals surface area (Å²) in [7, 11) is 0. The lowest BCUT2D eigenvalue weighted by atomic mass is 10.2. The number of hydrogen-bond donors (Lipinski definition) is 3. The Hall–Kier alpha value is -2.80. The summed E-state index contributed by atoms with van der Waals surface area (Å²) in [4.78, 5) is 18.2. The molecule has 2 rings (SSSR count). The van der Waals surface area contributed by atoms with E-state index >= 15 is 0 Å². The highest BCUT2D eigenvalue weighted by atomic mass is 16.5. The lowest BCUT2D eigenvalue weighted by Gasteiger charge is -2.07. The van der Waals surface area contributed by atoms with Crippen molar-refractivity contribution in [3.63, 3.8) is 0 Å². The van der Waals surface area contributed by atoms with E-state index in [1.807, 2.05) is 24.3 Å². The van der Waals surface area contributed by atoms with E-state index in [0.717, 1.165) is 44.0 Å². The van der Waals surface area contributed by atoms with Crippen molar-refractivity contribution >= 4 is 11.9 Å². The summed E-state index contributed by atoms with van der Waals surface area (Å²) in [5.41, 5.74) is 1.23. The minimum Gasteiger partial charge on any atom is -0.494 e. The standard InChI is InChI=1S/C16H21NO2.C2H2O4/c1-14-6-4-7-15(12-14)18-10-3-2-9-17-13-16-8-5-11-19-16;3-1(4)2(5)6/h4-8,11-12,17H,2-3,9-10,13H2,1H3;(H,3,4)(H,5,6). The topological polar surface area (TPSA) is 109 Å². The van der Waals surface area contributed by atoms with Crippen molar-refractivity contribution in [3.05, 3.63) is 54.0 Å². The highest BCUT2D eigenvalue weighted by Gasteiger charge is 2.04. The summed E-state index contributed by atoms with van der Waals surface area (Å²) in [6.45, 7) is 4.63. The average Bonchev–Trinajstić information content (AvgIpc) is 3.08.